The van der Waals surface area contributed by atoms with Crippen LogP contribution < -0.4 is 0 Å². The van der Waals surface area contributed by atoms with Gasteiger partial charge in [0.15, 0.2) is 0 Å². The predicted octanol–water partition coefficient (Wildman–Crippen LogP) is 4.94. The van der Waals surface area contributed by atoms with E-state index in [2.05, 4.69) is 32.6 Å². The zero-order chi connectivity index (χ0) is 22.5. The van der Waals surface area contributed by atoms with Crippen LogP contribution in [0.15, 0.2) is 63.4 Å². The summed E-state index contributed by atoms with van der Waals surface area (Å²) in [5.74, 6) is 0.615. The van der Waals surface area contributed by atoms with Crippen molar-refractivity contribution in [1.82, 2.24) is 19.9 Å². The van der Waals surface area contributed by atoms with Gasteiger partial charge in [-0.25, -0.2) is 0 Å². The average molecular weight is 515 g/mol. The van der Waals surface area contributed by atoms with Crippen LogP contribution >= 0.6 is 27.3 Å². The third kappa shape index (κ3) is 4.99. The van der Waals surface area contributed by atoms with E-state index in [0.29, 0.717) is 29.7 Å². The average Bonchev–Trinajstić information content (AvgIpc) is 3.51. The van der Waals surface area contributed by atoms with Crippen LogP contribution in [0.3, 0.4) is 0 Å². The molecule has 7 nitrogen and oxygen atoms in total. The summed E-state index contributed by atoms with van der Waals surface area (Å²) in [6, 6.07) is 10.9. The summed E-state index contributed by atoms with van der Waals surface area (Å²) in [6.07, 6.45) is 4.24. The minimum absolute atomic E-state index is 0.0209. The molecule has 2 amide bonds. The van der Waals surface area contributed by atoms with E-state index in [9.17, 15) is 9.59 Å². The van der Waals surface area contributed by atoms with Crippen LogP contribution in [0.25, 0.3) is 11.4 Å². The number of likely N-dealkylation sites (tertiary alicyclic amines) is 1. The van der Waals surface area contributed by atoms with Gasteiger partial charge in [-0.1, -0.05) is 33.2 Å². The zero-order valence-electron chi connectivity index (χ0n) is 17.4. The van der Waals surface area contributed by atoms with E-state index in [-0.39, 0.29) is 24.4 Å². The van der Waals surface area contributed by atoms with Gasteiger partial charge in [0.2, 0.25) is 17.6 Å². The molecule has 32 heavy (non-hydrogen) atoms. The Balaban J connectivity index is 1.51. The lowest BCUT2D eigenvalue weighted by Gasteiger charge is -2.34. The first-order valence-electron chi connectivity index (χ1n) is 10.4. The fourth-order valence-electron chi connectivity index (χ4n) is 3.76. The van der Waals surface area contributed by atoms with Crippen LogP contribution in [0.1, 0.15) is 40.9 Å². The van der Waals surface area contributed by atoms with Crippen molar-refractivity contribution in [2.75, 3.05) is 19.6 Å². The van der Waals surface area contributed by atoms with Crippen LogP contribution in [-0.4, -0.2) is 51.4 Å². The van der Waals surface area contributed by atoms with Gasteiger partial charge >= 0.3 is 0 Å². The molecule has 4 rings (SSSR count). The summed E-state index contributed by atoms with van der Waals surface area (Å²) < 4.78 is 6.53. The molecule has 0 saturated carbocycles. The minimum atomic E-state index is -0.296. The second-order valence-corrected chi connectivity index (χ2v) is 9.38. The lowest BCUT2D eigenvalue weighted by molar-refractivity contribution is -0.136. The molecule has 3 heterocycles. The van der Waals surface area contributed by atoms with Crippen molar-refractivity contribution in [3.63, 3.8) is 0 Å². The molecule has 1 aliphatic heterocycles. The molecule has 1 atom stereocenters. The van der Waals surface area contributed by atoms with Gasteiger partial charge in [-0.3, -0.25) is 9.59 Å². The van der Waals surface area contributed by atoms with E-state index in [4.69, 9.17) is 4.52 Å². The Morgan fingerprint density at radius 2 is 2.09 bits per heavy atom. The summed E-state index contributed by atoms with van der Waals surface area (Å²) in [6.45, 7) is 4.60. The number of hydrogen-bond acceptors (Lipinski definition) is 6. The van der Waals surface area contributed by atoms with Crippen molar-refractivity contribution in [3.05, 3.63) is 69.7 Å². The Morgan fingerprint density at radius 1 is 1.28 bits per heavy atom. The highest BCUT2D eigenvalue weighted by Crippen LogP contribution is 2.31. The van der Waals surface area contributed by atoms with Gasteiger partial charge in [-0.05, 0) is 55.0 Å². The molecule has 1 saturated heterocycles. The third-order valence-electron chi connectivity index (χ3n) is 5.35. The number of amides is 2. The highest BCUT2D eigenvalue weighted by Gasteiger charge is 2.33. The van der Waals surface area contributed by atoms with Gasteiger partial charge in [-0.15, -0.1) is 17.9 Å². The zero-order valence-corrected chi connectivity index (χ0v) is 19.8. The first-order chi connectivity index (χ1) is 15.6. The maximum atomic E-state index is 13.3. The third-order valence-corrected chi connectivity index (χ3v) is 6.73. The Labute approximate surface area is 198 Å². The molecule has 1 aliphatic rings. The summed E-state index contributed by atoms with van der Waals surface area (Å²) in [7, 11) is 0. The first kappa shape index (κ1) is 22.4. The van der Waals surface area contributed by atoms with Crippen molar-refractivity contribution >= 4 is 39.1 Å². The second kappa shape index (κ2) is 10.2. The summed E-state index contributed by atoms with van der Waals surface area (Å²) in [4.78, 5) is 34.5. The fraction of sp³-hybridized carbons (Fsp3) is 0.304. The van der Waals surface area contributed by atoms with Gasteiger partial charge in [0.25, 0.3) is 5.91 Å². The van der Waals surface area contributed by atoms with Gasteiger partial charge < -0.3 is 14.3 Å². The second-order valence-electron chi connectivity index (χ2n) is 7.51. The van der Waals surface area contributed by atoms with E-state index in [1.165, 1.54) is 16.2 Å². The number of hydrogen-bond donors (Lipinski definition) is 0. The number of aromatic nitrogens is 2. The predicted molar refractivity (Wildman–Crippen MR) is 126 cm³/mol. The summed E-state index contributed by atoms with van der Waals surface area (Å²) in [5, 5.41) is 5.97. The van der Waals surface area contributed by atoms with E-state index in [1.54, 1.807) is 17.0 Å². The normalized spacial score (nSPS) is 16.0. The monoisotopic (exact) mass is 514 g/mol. The molecule has 1 aromatic carbocycles. The van der Waals surface area contributed by atoms with Crippen molar-refractivity contribution in [2.24, 2.45) is 0 Å². The number of rotatable bonds is 7. The molecule has 1 fully saturated rings. The molecule has 0 bridgehead atoms. The number of thiophene rings is 1. The highest BCUT2D eigenvalue weighted by molar-refractivity contribution is 9.10. The minimum Gasteiger partial charge on any atom is -0.337 e. The van der Waals surface area contributed by atoms with Crippen molar-refractivity contribution in [2.45, 2.75) is 25.3 Å². The lowest BCUT2D eigenvalue weighted by Crippen LogP contribution is -2.46. The van der Waals surface area contributed by atoms with Gasteiger partial charge in [0.05, 0.1) is 4.88 Å². The van der Waals surface area contributed by atoms with E-state index in [0.717, 1.165) is 29.3 Å². The summed E-state index contributed by atoms with van der Waals surface area (Å²) >= 11 is 4.78. The molecule has 2 aromatic heterocycles. The summed E-state index contributed by atoms with van der Waals surface area (Å²) in [5.41, 5.74) is 0.843. The molecule has 0 spiro atoms. The number of carbonyl (C=O) groups is 2. The van der Waals surface area contributed by atoms with E-state index >= 15 is 0 Å². The van der Waals surface area contributed by atoms with E-state index < -0.39 is 0 Å². The number of halogens is 1. The molecular formula is C23H23BrN4O3S. The van der Waals surface area contributed by atoms with Crippen molar-refractivity contribution in [3.8, 4) is 11.4 Å². The van der Waals surface area contributed by atoms with Gasteiger partial charge in [-0.2, -0.15) is 4.98 Å². The topological polar surface area (TPSA) is 79.5 Å². The number of nitrogens with zero attached hydrogens (tertiary/aromatic N) is 4. The van der Waals surface area contributed by atoms with Crippen LogP contribution in [0.4, 0.5) is 0 Å². The van der Waals surface area contributed by atoms with Gasteiger partial charge in [0.1, 0.15) is 12.6 Å². The maximum Gasteiger partial charge on any atom is 0.264 e. The maximum absolute atomic E-state index is 13.3. The molecule has 9 heteroatoms. The Morgan fingerprint density at radius 3 is 2.81 bits per heavy atom. The quantitative estimate of drug-likeness (QED) is 0.417. The highest BCUT2D eigenvalue weighted by atomic mass is 79.9. The molecule has 3 aromatic rings. The van der Waals surface area contributed by atoms with Crippen LogP contribution in [0.5, 0.6) is 0 Å². The van der Waals surface area contributed by atoms with Crippen LogP contribution in [0.2, 0.25) is 0 Å². The molecule has 0 radical (unpaired) electrons. The van der Waals surface area contributed by atoms with Crippen LogP contribution in [0, 0.1) is 0 Å². The Bertz CT molecular complexity index is 1080. The SMILES string of the molecule is C=CCN(CC(=O)N1CCCCC1c1nc(-c2ccc(Br)cc2)no1)C(=O)c1cccs1. The molecule has 166 valence electrons. The van der Waals surface area contributed by atoms with Crippen molar-refractivity contribution in [1.29, 1.82) is 0 Å². The number of benzene rings is 1. The number of piperidine rings is 1. The lowest BCUT2D eigenvalue weighted by atomic mass is 10.0. The fourth-order valence-corrected chi connectivity index (χ4v) is 4.71. The van der Waals surface area contributed by atoms with E-state index in [1.807, 2.05) is 35.7 Å². The molecule has 0 aliphatic carbocycles. The largest absolute Gasteiger partial charge is 0.337 e. The molecule has 1 unspecified atom stereocenters. The standard InChI is InChI=1S/C23H23BrN4O3S/c1-2-12-27(23(30)19-7-5-14-32-19)15-20(29)28-13-4-3-6-18(28)22-25-21(26-31-22)16-8-10-17(24)11-9-16/h2,5,7-11,14,18H,1,3-4,6,12-13,15H2. The van der Waals surface area contributed by atoms with Gasteiger partial charge in [0, 0.05) is 23.1 Å². The molecule has 0 N–H and O–H groups in total. The Hall–Kier alpha value is -2.78. The first-order valence-corrected chi connectivity index (χ1v) is 12.1. The number of carbonyl (C=O) groups excluding carboxylic acids is 2. The Kier molecular flexibility index (Phi) is 7.16. The smallest absolute Gasteiger partial charge is 0.264 e. The van der Waals surface area contributed by atoms with Crippen molar-refractivity contribution < 1.29 is 14.1 Å². The molecular weight excluding hydrogens is 492 g/mol. The van der Waals surface area contributed by atoms with Crippen LogP contribution in [-0.2, 0) is 4.79 Å².